The predicted molar refractivity (Wildman–Crippen MR) is 109 cm³/mol. The maximum Gasteiger partial charge on any atom is 0.159 e. The summed E-state index contributed by atoms with van der Waals surface area (Å²) in [7, 11) is 1.36. The molecule has 0 amide bonds. The molecule has 0 aliphatic carbocycles. The van der Waals surface area contributed by atoms with Crippen LogP contribution in [0.5, 0.6) is 5.75 Å². The van der Waals surface area contributed by atoms with Gasteiger partial charge < -0.3 is 24.4 Å². The highest BCUT2D eigenvalue weighted by atomic mass is 19.1. The second kappa shape index (κ2) is 9.14. The number of methoxy groups -OCH3 is 1. The summed E-state index contributed by atoms with van der Waals surface area (Å²) < 4.78 is 45.8. The van der Waals surface area contributed by atoms with Gasteiger partial charge in [-0.05, 0) is 12.1 Å². The number of nitrogens with one attached hydrogen (secondary N) is 1. The highest BCUT2D eigenvalue weighted by Crippen LogP contribution is 2.30. The van der Waals surface area contributed by atoms with Gasteiger partial charge in [0.25, 0.3) is 0 Å². The molecule has 0 bridgehead atoms. The lowest BCUT2D eigenvalue weighted by Gasteiger charge is -2.46. The number of halogens is 2. The molecule has 2 aromatic rings. The van der Waals surface area contributed by atoms with E-state index in [4.69, 9.17) is 19.5 Å². The molecule has 0 saturated carbocycles. The summed E-state index contributed by atoms with van der Waals surface area (Å²) >= 11 is 0. The molecule has 2 fully saturated rings. The number of nitrogens with zero attached hydrogens (tertiary/aromatic N) is 3. The third-order valence-corrected chi connectivity index (χ3v) is 5.69. The highest BCUT2D eigenvalue weighted by Gasteiger charge is 2.42. The number of anilines is 1. The Labute approximate surface area is 179 Å². The number of aromatic nitrogens is 1. The second-order valence-electron chi connectivity index (χ2n) is 7.95. The van der Waals surface area contributed by atoms with Crippen LogP contribution in [0, 0.1) is 28.4 Å². The van der Waals surface area contributed by atoms with Crippen molar-refractivity contribution in [2.45, 2.75) is 19.3 Å². The van der Waals surface area contributed by atoms with Crippen molar-refractivity contribution >= 4 is 5.82 Å². The summed E-state index contributed by atoms with van der Waals surface area (Å²) in [4.78, 5) is 6.04. The van der Waals surface area contributed by atoms with Crippen LogP contribution in [0.4, 0.5) is 14.6 Å². The number of ether oxygens (including phenoxy) is 3. The van der Waals surface area contributed by atoms with Gasteiger partial charge in [-0.2, -0.15) is 5.26 Å². The van der Waals surface area contributed by atoms with Gasteiger partial charge in [-0.15, -0.1) is 0 Å². The van der Waals surface area contributed by atoms with Crippen LogP contribution in [0.25, 0.3) is 0 Å². The molecule has 7 nitrogen and oxygen atoms in total. The molecule has 4 rings (SSSR count). The molecule has 9 heteroatoms. The Hall–Kier alpha value is -2.80. The van der Waals surface area contributed by atoms with Crippen molar-refractivity contribution in [3.05, 3.63) is 53.2 Å². The molecular formula is C22H24F2N4O3. The first-order valence-electron chi connectivity index (χ1n) is 10.1. The van der Waals surface area contributed by atoms with Crippen molar-refractivity contribution in [3.8, 4) is 11.8 Å². The van der Waals surface area contributed by atoms with Gasteiger partial charge in [0.1, 0.15) is 29.3 Å². The molecular weight excluding hydrogens is 406 g/mol. The molecule has 164 valence electrons. The summed E-state index contributed by atoms with van der Waals surface area (Å²) in [6.07, 6.45) is 1.55. The van der Waals surface area contributed by atoms with Gasteiger partial charge in [0.05, 0.1) is 32.4 Å². The summed E-state index contributed by atoms with van der Waals surface area (Å²) in [6, 6.07) is 7.61. The topological polar surface area (TPSA) is 79.6 Å². The molecule has 2 aliphatic heterocycles. The van der Waals surface area contributed by atoms with Crippen molar-refractivity contribution in [1.82, 2.24) is 10.3 Å². The number of hydrogen-bond donors (Lipinski definition) is 1. The fourth-order valence-electron chi connectivity index (χ4n) is 3.69. The normalized spacial score (nSPS) is 17.7. The Morgan fingerprint density at radius 2 is 1.97 bits per heavy atom. The molecule has 1 spiro atoms. The predicted octanol–water partition coefficient (Wildman–Crippen LogP) is 2.60. The van der Waals surface area contributed by atoms with E-state index < -0.39 is 17.9 Å². The van der Waals surface area contributed by atoms with E-state index in [9.17, 15) is 8.78 Å². The molecule has 31 heavy (non-hydrogen) atoms. The molecule has 1 N–H and O–H groups in total. The van der Waals surface area contributed by atoms with Crippen LogP contribution in [0.15, 0.2) is 30.5 Å². The Balaban J connectivity index is 1.48. The lowest BCUT2D eigenvalue weighted by molar-refractivity contribution is -0.239. The molecule has 2 saturated heterocycles. The van der Waals surface area contributed by atoms with Crippen LogP contribution in [0.3, 0.4) is 0 Å². The number of pyridine rings is 1. The molecule has 0 atom stereocenters. The summed E-state index contributed by atoms with van der Waals surface area (Å²) in [6.45, 7) is 3.39. The van der Waals surface area contributed by atoms with Gasteiger partial charge in [0.15, 0.2) is 6.29 Å². The summed E-state index contributed by atoms with van der Waals surface area (Å²) in [5, 5.41) is 12.2. The SMILES string of the molecule is COc1cc(F)c(CN(CCC2OCC3(CNC3)CO2)c2ccc(C#N)cn2)c(F)c1. The van der Waals surface area contributed by atoms with E-state index in [0.717, 1.165) is 25.2 Å². The van der Waals surface area contributed by atoms with E-state index in [1.54, 1.807) is 17.0 Å². The van der Waals surface area contributed by atoms with Gasteiger partial charge >= 0.3 is 0 Å². The molecule has 0 unspecified atom stereocenters. The zero-order valence-electron chi connectivity index (χ0n) is 17.2. The van der Waals surface area contributed by atoms with E-state index in [0.29, 0.717) is 37.6 Å². The van der Waals surface area contributed by atoms with Crippen LogP contribution < -0.4 is 15.0 Å². The van der Waals surface area contributed by atoms with Crippen LogP contribution in [-0.4, -0.2) is 51.2 Å². The number of hydrogen-bond acceptors (Lipinski definition) is 7. The average Bonchev–Trinajstić information content (AvgIpc) is 2.77. The molecule has 1 aromatic heterocycles. The monoisotopic (exact) mass is 430 g/mol. The minimum atomic E-state index is -0.694. The largest absolute Gasteiger partial charge is 0.497 e. The smallest absolute Gasteiger partial charge is 0.159 e. The first-order valence-corrected chi connectivity index (χ1v) is 10.1. The fraction of sp³-hybridized carbons (Fsp3) is 0.455. The summed E-state index contributed by atoms with van der Waals surface area (Å²) in [5.41, 5.74) is 0.390. The minimum absolute atomic E-state index is 0.0405. The minimum Gasteiger partial charge on any atom is -0.497 e. The van der Waals surface area contributed by atoms with Gasteiger partial charge in [-0.25, -0.2) is 13.8 Å². The quantitative estimate of drug-likeness (QED) is 0.723. The van der Waals surface area contributed by atoms with Crippen molar-refractivity contribution in [3.63, 3.8) is 0 Å². The Bertz CT molecular complexity index is 927. The van der Waals surface area contributed by atoms with Crippen molar-refractivity contribution < 1.29 is 23.0 Å². The Kier molecular flexibility index (Phi) is 6.32. The zero-order chi connectivity index (χ0) is 21.8. The van der Waals surface area contributed by atoms with Crippen LogP contribution in [0.1, 0.15) is 17.5 Å². The first-order chi connectivity index (χ1) is 15.0. The third kappa shape index (κ3) is 4.77. The van der Waals surface area contributed by atoms with Crippen molar-refractivity contribution in [2.24, 2.45) is 5.41 Å². The van der Waals surface area contributed by atoms with Gasteiger partial charge in [-0.1, -0.05) is 0 Å². The van der Waals surface area contributed by atoms with E-state index >= 15 is 0 Å². The fourth-order valence-corrected chi connectivity index (χ4v) is 3.69. The van der Waals surface area contributed by atoms with Gasteiger partial charge in [0, 0.05) is 55.4 Å². The maximum atomic E-state index is 14.6. The Morgan fingerprint density at radius 1 is 1.26 bits per heavy atom. The second-order valence-corrected chi connectivity index (χ2v) is 7.95. The molecule has 1 aromatic carbocycles. The molecule has 3 heterocycles. The maximum absolute atomic E-state index is 14.6. The van der Waals surface area contributed by atoms with E-state index in [2.05, 4.69) is 10.3 Å². The van der Waals surface area contributed by atoms with Crippen molar-refractivity contribution in [1.29, 1.82) is 5.26 Å². The summed E-state index contributed by atoms with van der Waals surface area (Å²) in [5.74, 6) is -0.769. The van der Waals surface area contributed by atoms with Crippen molar-refractivity contribution in [2.75, 3.05) is 44.9 Å². The van der Waals surface area contributed by atoms with E-state index in [1.807, 2.05) is 6.07 Å². The number of nitriles is 1. The Morgan fingerprint density at radius 3 is 2.48 bits per heavy atom. The third-order valence-electron chi connectivity index (χ3n) is 5.69. The zero-order valence-corrected chi connectivity index (χ0v) is 17.2. The standard InChI is InChI=1S/C22H24F2N4O3/c1-29-16-6-18(23)17(19(24)7-16)10-28(20-3-2-15(8-25)9-27-20)5-4-21-30-13-22(14-31-21)11-26-12-22/h2-3,6-7,9,21,26H,4-5,10-14H2,1H3. The van der Waals surface area contributed by atoms with Gasteiger partial charge in [-0.3, -0.25) is 0 Å². The molecule has 0 radical (unpaired) electrons. The average molecular weight is 430 g/mol. The van der Waals surface area contributed by atoms with Crippen LogP contribution >= 0.6 is 0 Å². The van der Waals surface area contributed by atoms with Crippen LogP contribution in [0.2, 0.25) is 0 Å². The highest BCUT2D eigenvalue weighted by molar-refractivity contribution is 5.43. The van der Waals surface area contributed by atoms with E-state index in [-0.39, 0.29) is 23.3 Å². The first kappa shape index (κ1) is 21.4. The number of rotatable bonds is 7. The number of benzene rings is 1. The van der Waals surface area contributed by atoms with Gasteiger partial charge in [0.2, 0.25) is 0 Å². The molecule has 2 aliphatic rings. The lowest BCUT2D eigenvalue weighted by atomic mass is 9.83. The lowest BCUT2D eigenvalue weighted by Crippen LogP contribution is -2.61. The van der Waals surface area contributed by atoms with Crippen LogP contribution in [-0.2, 0) is 16.0 Å². The van der Waals surface area contributed by atoms with E-state index in [1.165, 1.54) is 13.3 Å².